The van der Waals surface area contributed by atoms with Gasteiger partial charge in [0.2, 0.25) is 5.71 Å². The summed E-state index contributed by atoms with van der Waals surface area (Å²) in [6.45, 7) is 5.84. The molecule has 0 saturated heterocycles. The molecule has 5 aromatic heterocycles. The van der Waals surface area contributed by atoms with E-state index < -0.39 is 19.6 Å². The third-order valence-corrected chi connectivity index (χ3v) is 15.1. The number of furan rings is 1. The van der Waals surface area contributed by atoms with Gasteiger partial charge in [0.1, 0.15) is 0 Å². The van der Waals surface area contributed by atoms with Crippen molar-refractivity contribution < 1.29 is 27.3 Å². The van der Waals surface area contributed by atoms with E-state index in [1.54, 1.807) is 0 Å². The number of aryl methyl sites for hydroxylation is 2. The zero-order valence-electron chi connectivity index (χ0n) is 37.6. The number of para-hydroxylation sites is 2. The molecule has 0 spiro atoms. The van der Waals surface area contributed by atoms with Crippen LogP contribution in [0.2, 0.25) is 17.3 Å². The van der Waals surface area contributed by atoms with Crippen LogP contribution in [0.5, 0.6) is 0 Å². The molecular formula is C54H47GeIrN5O-2. The molecule has 0 aliphatic rings. The molecule has 0 bridgehead atoms. The molecule has 0 aliphatic heterocycles. The number of hydrogen-bond acceptors (Lipinski definition) is 5. The largest absolute Gasteiger partial charge is 0 e. The molecule has 1 unspecified atom stereocenters. The second-order valence-electron chi connectivity index (χ2n) is 16.4. The minimum Gasteiger partial charge on any atom is 0 e. The van der Waals surface area contributed by atoms with Crippen molar-refractivity contribution >= 4 is 50.8 Å². The van der Waals surface area contributed by atoms with E-state index in [0.717, 1.165) is 88.3 Å². The van der Waals surface area contributed by atoms with Crippen molar-refractivity contribution in [3.05, 3.63) is 193 Å². The van der Waals surface area contributed by atoms with Gasteiger partial charge in [-0.15, -0.1) is 18.2 Å². The molecule has 8 heteroatoms. The van der Waals surface area contributed by atoms with Crippen LogP contribution >= 0.6 is 0 Å². The summed E-state index contributed by atoms with van der Waals surface area (Å²) in [6, 6.07) is 57.3. The van der Waals surface area contributed by atoms with Crippen LogP contribution in [0.4, 0.5) is 0 Å². The molecule has 309 valence electrons. The zero-order valence-corrected chi connectivity index (χ0v) is 40.1. The SMILES string of the molecule is Cc1ccc2c(n1)oc1c(-c3nc4ccccc4n3-c3cccc(-c4ccccc4)c3)[c-]ccc12.[2H]C([2H])(c1cc(-c2[c-]cccc2)nc[c]1[Ge]([CH3])([CH3])[CH3])C(C)c1cccc(C)n1.[Ir]. The predicted octanol–water partition coefficient (Wildman–Crippen LogP) is 12.9. The van der Waals surface area contributed by atoms with Crippen molar-refractivity contribution in [2.24, 2.45) is 0 Å². The van der Waals surface area contributed by atoms with Crippen molar-refractivity contribution in [3.63, 3.8) is 0 Å². The Kier molecular flexibility index (Phi) is 11.7. The Morgan fingerprint density at radius 3 is 2.26 bits per heavy atom. The first-order valence-electron chi connectivity index (χ1n) is 21.6. The van der Waals surface area contributed by atoms with E-state index in [-0.39, 0.29) is 26.0 Å². The van der Waals surface area contributed by atoms with Gasteiger partial charge < -0.3 is 8.98 Å². The molecule has 6 nitrogen and oxygen atoms in total. The Morgan fingerprint density at radius 1 is 0.710 bits per heavy atom. The number of fused-ring (bicyclic) bond motifs is 4. The number of imidazole rings is 1. The van der Waals surface area contributed by atoms with E-state index in [2.05, 4.69) is 110 Å². The number of nitrogens with zero attached hydrogens (tertiary/aromatic N) is 5. The minimum atomic E-state index is -2.35. The average molecular weight is 1050 g/mol. The molecular weight excluding hydrogens is 999 g/mol. The van der Waals surface area contributed by atoms with Crippen LogP contribution in [0.3, 0.4) is 0 Å². The van der Waals surface area contributed by atoms with Crippen molar-refractivity contribution in [2.75, 3.05) is 0 Å². The Hall–Kier alpha value is -5.99. The van der Waals surface area contributed by atoms with Crippen LogP contribution in [0.15, 0.2) is 162 Å². The van der Waals surface area contributed by atoms with Gasteiger partial charge in [0.15, 0.2) is 0 Å². The van der Waals surface area contributed by atoms with Crippen LogP contribution in [0, 0.1) is 26.0 Å². The fraction of sp³-hybridized carbons (Fsp3) is 0.148. The van der Waals surface area contributed by atoms with Gasteiger partial charge in [0, 0.05) is 36.9 Å². The second kappa shape index (κ2) is 18.2. The van der Waals surface area contributed by atoms with Gasteiger partial charge in [-0.25, -0.2) is 4.98 Å². The molecule has 0 aliphatic carbocycles. The molecule has 1 radical (unpaired) electrons. The maximum atomic E-state index is 9.08. The number of rotatable bonds is 8. The second-order valence-corrected chi connectivity index (χ2v) is 27.0. The Balaban J connectivity index is 0.000000177. The van der Waals surface area contributed by atoms with E-state index in [1.807, 2.05) is 118 Å². The average Bonchev–Trinajstić information content (AvgIpc) is 3.87. The number of aromatic nitrogens is 5. The third-order valence-electron chi connectivity index (χ3n) is 10.9. The minimum absolute atomic E-state index is 0. The van der Waals surface area contributed by atoms with Gasteiger partial charge in [-0.3, -0.25) is 4.98 Å². The summed E-state index contributed by atoms with van der Waals surface area (Å²) in [4.78, 5) is 18.9. The predicted molar refractivity (Wildman–Crippen MR) is 253 cm³/mol. The third kappa shape index (κ3) is 8.84. The number of benzene rings is 5. The first-order chi connectivity index (χ1) is 30.4. The smallest absolute Gasteiger partial charge is 0 e. The van der Waals surface area contributed by atoms with E-state index in [9.17, 15) is 0 Å². The van der Waals surface area contributed by atoms with Crippen LogP contribution in [-0.2, 0) is 26.5 Å². The quantitative estimate of drug-likeness (QED) is 0.112. The van der Waals surface area contributed by atoms with Gasteiger partial charge in [0.05, 0.1) is 22.4 Å². The Bertz CT molecular complexity index is 3250. The molecule has 10 aromatic rings. The van der Waals surface area contributed by atoms with Crippen LogP contribution in [0.25, 0.3) is 72.6 Å². The summed E-state index contributed by atoms with van der Waals surface area (Å²) < 4.78 is 27.8. The zero-order chi connectivity index (χ0) is 43.9. The van der Waals surface area contributed by atoms with Gasteiger partial charge in [-0.05, 0) is 54.4 Å². The Labute approximate surface area is 382 Å². The van der Waals surface area contributed by atoms with Crippen molar-refractivity contribution in [1.82, 2.24) is 24.5 Å². The molecule has 1 atom stereocenters. The molecule has 5 heterocycles. The number of hydrogen-bond donors (Lipinski definition) is 0. The molecule has 0 N–H and O–H groups in total. The fourth-order valence-corrected chi connectivity index (χ4v) is 10.7. The van der Waals surface area contributed by atoms with Crippen LogP contribution in [0.1, 0.15) is 38.2 Å². The molecule has 5 aromatic carbocycles. The molecule has 0 amide bonds. The van der Waals surface area contributed by atoms with Crippen molar-refractivity contribution in [1.29, 1.82) is 0 Å². The monoisotopic (exact) mass is 1050 g/mol. The topological polar surface area (TPSA) is 69.6 Å². The first kappa shape index (κ1) is 40.1. The maximum absolute atomic E-state index is 9.08. The van der Waals surface area contributed by atoms with E-state index in [4.69, 9.17) is 12.1 Å². The maximum Gasteiger partial charge on any atom is 0 e. The first-order valence-corrected chi connectivity index (χ1v) is 28.0. The van der Waals surface area contributed by atoms with Gasteiger partial charge in [-0.1, -0.05) is 65.5 Å². The summed E-state index contributed by atoms with van der Waals surface area (Å²) in [6.07, 6.45) is 0.348. The standard InChI is InChI=1S/C31H20N3O.C23H27GeN2.Ir/c1-20-17-18-25-24-13-8-14-26(29(24)35-31(25)32-20)30-33-27-15-5-6-16-28(27)34(30)23-12-7-11-22(19-23)21-9-3-2-4-10-21;1-17(22-13-9-10-18(2)26-22)14-20-15-23(19-11-7-6-8-12-19)25-16-21(20)24(3,4)5;/h2-13,15-19H,1H3;6-11,13,15-17H,14H2,1-5H3;/q2*-1;/i;14D2;. The fourth-order valence-electron chi connectivity index (χ4n) is 7.78. The summed E-state index contributed by atoms with van der Waals surface area (Å²) in [5.41, 5.74) is 12.5. The van der Waals surface area contributed by atoms with Crippen molar-refractivity contribution in [3.8, 4) is 39.5 Å². The molecule has 62 heavy (non-hydrogen) atoms. The summed E-state index contributed by atoms with van der Waals surface area (Å²) in [5.74, 6) is 7.25. The number of pyridine rings is 3. The van der Waals surface area contributed by atoms with Gasteiger partial charge in [0.25, 0.3) is 0 Å². The normalized spacial score (nSPS) is 12.6. The van der Waals surface area contributed by atoms with Crippen LogP contribution < -0.4 is 4.40 Å². The molecule has 10 rings (SSSR count). The summed E-state index contributed by atoms with van der Waals surface area (Å²) >= 11 is -2.35. The van der Waals surface area contributed by atoms with E-state index in [1.165, 1.54) is 5.56 Å². The van der Waals surface area contributed by atoms with E-state index in [0.29, 0.717) is 5.71 Å². The van der Waals surface area contributed by atoms with Gasteiger partial charge in [-0.2, -0.15) is 0 Å². The van der Waals surface area contributed by atoms with Crippen LogP contribution in [-0.4, -0.2) is 37.8 Å². The summed E-state index contributed by atoms with van der Waals surface area (Å²) in [7, 11) is 0. The molecule has 0 fully saturated rings. The van der Waals surface area contributed by atoms with Crippen molar-refractivity contribution in [2.45, 2.75) is 50.3 Å². The van der Waals surface area contributed by atoms with Gasteiger partial charge >= 0.3 is 163 Å². The molecule has 0 saturated carbocycles. The summed E-state index contributed by atoms with van der Waals surface area (Å²) in [5, 5.41) is 2.01. The Morgan fingerprint density at radius 2 is 1.47 bits per heavy atom. The van der Waals surface area contributed by atoms with E-state index >= 15 is 0 Å².